The second kappa shape index (κ2) is 8.25. The second-order valence-electron chi connectivity index (χ2n) is 5.20. The van der Waals surface area contributed by atoms with E-state index in [2.05, 4.69) is 10.6 Å². The average molecular weight is 358 g/mol. The van der Waals surface area contributed by atoms with Crippen LogP contribution in [0.15, 0.2) is 18.2 Å². The summed E-state index contributed by atoms with van der Waals surface area (Å²) in [7, 11) is 0. The van der Waals surface area contributed by atoms with Crippen LogP contribution in [0.4, 0.5) is 5.69 Å². The van der Waals surface area contributed by atoms with Crippen molar-refractivity contribution in [2.45, 2.75) is 19.9 Å². The number of amides is 2. The van der Waals surface area contributed by atoms with Crippen LogP contribution in [-0.2, 0) is 9.59 Å². The second-order valence-corrected chi connectivity index (χ2v) is 5.61. The highest BCUT2D eigenvalue weighted by Gasteiger charge is 2.26. The standard InChI is InChI=1S/C14H16ClN3O6/c1-7(2)12(14(21)22)17-10(19)6-16-13(20)11-8(15)4-3-5-9(11)18(23)24/h3-5,7,12H,6H2,1-2H3,(H,16,20)(H,17,19)(H,21,22). The van der Waals surface area contributed by atoms with Crippen LogP contribution >= 0.6 is 11.6 Å². The number of carbonyl (C=O) groups excluding carboxylic acids is 2. The summed E-state index contributed by atoms with van der Waals surface area (Å²) in [6.07, 6.45) is 0. The molecule has 9 nitrogen and oxygen atoms in total. The molecule has 0 spiro atoms. The minimum atomic E-state index is -1.20. The van der Waals surface area contributed by atoms with E-state index in [0.717, 1.165) is 6.07 Å². The number of carboxylic acids is 1. The van der Waals surface area contributed by atoms with Gasteiger partial charge in [0.05, 0.1) is 16.5 Å². The summed E-state index contributed by atoms with van der Waals surface area (Å²) in [5.41, 5.74) is -0.860. The molecule has 130 valence electrons. The van der Waals surface area contributed by atoms with Crippen molar-refractivity contribution in [3.05, 3.63) is 38.9 Å². The predicted molar refractivity (Wildman–Crippen MR) is 84.8 cm³/mol. The molecule has 0 aliphatic carbocycles. The lowest BCUT2D eigenvalue weighted by Gasteiger charge is -2.18. The van der Waals surface area contributed by atoms with Crippen molar-refractivity contribution >= 4 is 35.1 Å². The predicted octanol–water partition coefficient (Wildman–Crippen LogP) is 1.20. The largest absolute Gasteiger partial charge is 0.480 e. The molecule has 0 aliphatic rings. The maximum absolute atomic E-state index is 12.1. The summed E-state index contributed by atoms with van der Waals surface area (Å²) in [4.78, 5) is 45.0. The van der Waals surface area contributed by atoms with Crippen molar-refractivity contribution in [2.75, 3.05) is 6.54 Å². The summed E-state index contributed by atoms with van der Waals surface area (Å²) in [6.45, 7) is 2.69. The fraction of sp³-hybridized carbons (Fsp3) is 0.357. The molecule has 24 heavy (non-hydrogen) atoms. The molecule has 1 aromatic rings. The van der Waals surface area contributed by atoms with E-state index in [1.54, 1.807) is 13.8 Å². The third kappa shape index (κ3) is 4.92. The molecular formula is C14H16ClN3O6. The third-order valence-electron chi connectivity index (χ3n) is 3.07. The quantitative estimate of drug-likeness (QED) is 0.495. The van der Waals surface area contributed by atoms with Gasteiger partial charge in [0.2, 0.25) is 5.91 Å². The molecular weight excluding hydrogens is 342 g/mol. The van der Waals surface area contributed by atoms with Gasteiger partial charge in [-0.15, -0.1) is 0 Å². The molecule has 1 aromatic carbocycles. The Kier molecular flexibility index (Phi) is 6.66. The number of halogens is 1. The first-order valence-corrected chi connectivity index (χ1v) is 7.26. The molecule has 0 heterocycles. The molecule has 0 fully saturated rings. The Morgan fingerprint density at radius 2 is 1.96 bits per heavy atom. The van der Waals surface area contributed by atoms with Gasteiger partial charge >= 0.3 is 5.97 Å². The van der Waals surface area contributed by atoms with Gasteiger partial charge in [0, 0.05) is 6.07 Å². The van der Waals surface area contributed by atoms with Crippen LogP contribution in [0.3, 0.4) is 0 Å². The first kappa shape index (κ1) is 19.4. The average Bonchev–Trinajstić information content (AvgIpc) is 2.49. The van der Waals surface area contributed by atoms with E-state index in [4.69, 9.17) is 16.7 Å². The van der Waals surface area contributed by atoms with E-state index in [1.165, 1.54) is 12.1 Å². The molecule has 1 rings (SSSR count). The summed E-state index contributed by atoms with van der Waals surface area (Å²) in [5.74, 6) is -3.20. The normalized spacial score (nSPS) is 11.7. The molecule has 0 radical (unpaired) electrons. The summed E-state index contributed by atoms with van der Waals surface area (Å²) < 4.78 is 0. The molecule has 0 bridgehead atoms. The van der Waals surface area contributed by atoms with Crippen LogP contribution in [0.5, 0.6) is 0 Å². The van der Waals surface area contributed by atoms with Crippen LogP contribution in [0, 0.1) is 16.0 Å². The van der Waals surface area contributed by atoms with Crippen molar-refractivity contribution in [3.8, 4) is 0 Å². The number of rotatable bonds is 7. The molecule has 0 saturated carbocycles. The van der Waals surface area contributed by atoms with E-state index >= 15 is 0 Å². The van der Waals surface area contributed by atoms with Gasteiger partial charge in [-0.1, -0.05) is 31.5 Å². The van der Waals surface area contributed by atoms with Crippen molar-refractivity contribution in [1.82, 2.24) is 10.6 Å². The highest BCUT2D eigenvalue weighted by molar-refractivity contribution is 6.34. The van der Waals surface area contributed by atoms with Gasteiger partial charge < -0.3 is 15.7 Å². The number of hydrogen-bond donors (Lipinski definition) is 3. The lowest BCUT2D eigenvalue weighted by Crippen LogP contribution is -2.48. The molecule has 1 atom stereocenters. The number of aliphatic carboxylic acids is 1. The molecule has 0 aliphatic heterocycles. The third-order valence-corrected chi connectivity index (χ3v) is 3.39. The fourth-order valence-electron chi connectivity index (χ4n) is 1.88. The smallest absolute Gasteiger partial charge is 0.326 e. The highest BCUT2D eigenvalue weighted by atomic mass is 35.5. The Morgan fingerprint density at radius 3 is 2.46 bits per heavy atom. The van der Waals surface area contributed by atoms with Crippen LogP contribution in [0.25, 0.3) is 0 Å². The first-order chi connectivity index (χ1) is 11.1. The van der Waals surface area contributed by atoms with Crippen LogP contribution in [0.1, 0.15) is 24.2 Å². The number of carboxylic acid groups (broad SMARTS) is 1. The SMILES string of the molecule is CC(C)C(NC(=O)CNC(=O)c1c(Cl)cccc1[N+](=O)[O-])C(=O)O. The zero-order chi connectivity index (χ0) is 18.4. The Hall–Kier alpha value is -2.68. The van der Waals surface area contributed by atoms with Crippen molar-refractivity contribution < 1.29 is 24.4 Å². The van der Waals surface area contributed by atoms with Crippen molar-refractivity contribution in [2.24, 2.45) is 5.92 Å². The number of nitro benzene ring substituents is 1. The van der Waals surface area contributed by atoms with Gasteiger partial charge in [-0.2, -0.15) is 0 Å². The Labute approximate surface area is 142 Å². The lowest BCUT2D eigenvalue weighted by molar-refractivity contribution is -0.385. The van der Waals surface area contributed by atoms with Gasteiger partial charge in [-0.25, -0.2) is 4.79 Å². The molecule has 0 aromatic heterocycles. The van der Waals surface area contributed by atoms with Crippen LogP contribution in [-0.4, -0.2) is 40.4 Å². The zero-order valence-corrected chi connectivity index (χ0v) is 13.7. The lowest BCUT2D eigenvalue weighted by atomic mass is 10.0. The van der Waals surface area contributed by atoms with Crippen molar-refractivity contribution in [1.29, 1.82) is 0 Å². The van der Waals surface area contributed by atoms with E-state index in [0.29, 0.717) is 0 Å². The monoisotopic (exact) mass is 357 g/mol. The number of hydrogen-bond acceptors (Lipinski definition) is 5. The maximum atomic E-state index is 12.1. The first-order valence-electron chi connectivity index (χ1n) is 6.88. The number of nitro groups is 1. The van der Waals surface area contributed by atoms with E-state index in [1.807, 2.05) is 0 Å². The summed E-state index contributed by atoms with van der Waals surface area (Å²) in [6, 6.07) is 2.64. The maximum Gasteiger partial charge on any atom is 0.326 e. The Morgan fingerprint density at radius 1 is 1.33 bits per heavy atom. The summed E-state index contributed by atoms with van der Waals surface area (Å²) in [5, 5.41) is 24.2. The number of benzene rings is 1. The number of carbonyl (C=O) groups is 3. The molecule has 10 heteroatoms. The van der Waals surface area contributed by atoms with Crippen LogP contribution < -0.4 is 10.6 Å². The van der Waals surface area contributed by atoms with Gasteiger partial charge in [-0.05, 0) is 12.0 Å². The van der Waals surface area contributed by atoms with Gasteiger partial charge in [0.15, 0.2) is 0 Å². The Bertz CT molecular complexity index is 676. The van der Waals surface area contributed by atoms with Gasteiger partial charge in [0.1, 0.15) is 11.6 Å². The van der Waals surface area contributed by atoms with Crippen LogP contribution in [0.2, 0.25) is 5.02 Å². The molecule has 3 N–H and O–H groups in total. The number of nitrogens with zero attached hydrogens (tertiary/aromatic N) is 1. The van der Waals surface area contributed by atoms with E-state index in [9.17, 15) is 24.5 Å². The van der Waals surface area contributed by atoms with Gasteiger partial charge in [-0.3, -0.25) is 19.7 Å². The zero-order valence-electron chi connectivity index (χ0n) is 12.9. The summed E-state index contributed by atoms with van der Waals surface area (Å²) >= 11 is 5.81. The molecule has 0 saturated heterocycles. The minimum Gasteiger partial charge on any atom is -0.480 e. The number of nitrogens with one attached hydrogen (secondary N) is 2. The molecule has 2 amide bonds. The highest BCUT2D eigenvalue weighted by Crippen LogP contribution is 2.25. The topological polar surface area (TPSA) is 139 Å². The molecule has 1 unspecified atom stereocenters. The van der Waals surface area contributed by atoms with E-state index < -0.39 is 41.0 Å². The minimum absolute atomic E-state index is 0.132. The van der Waals surface area contributed by atoms with E-state index in [-0.39, 0.29) is 16.5 Å². The Balaban J connectivity index is 2.79. The van der Waals surface area contributed by atoms with Gasteiger partial charge in [0.25, 0.3) is 11.6 Å². The fourth-order valence-corrected chi connectivity index (χ4v) is 2.13. The van der Waals surface area contributed by atoms with Crippen molar-refractivity contribution in [3.63, 3.8) is 0 Å².